The minimum atomic E-state index is -3.88. The molecule has 0 N–H and O–H groups in total. The number of hydrogen-bond acceptors (Lipinski definition) is 3. The Morgan fingerprint density at radius 1 is 1.29 bits per heavy atom. The summed E-state index contributed by atoms with van der Waals surface area (Å²) in [5.74, 6) is 0.427. The molecule has 24 heavy (non-hydrogen) atoms. The average Bonchev–Trinajstić information content (AvgIpc) is 2.55. The van der Waals surface area contributed by atoms with Gasteiger partial charge in [0.25, 0.3) is 0 Å². The second-order valence-electron chi connectivity index (χ2n) is 6.07. The Kier molecular flexibility index (Phi) is 6.53. The third-order valence-corrected chi connectivity index (χ3v) is 6.95. The van der Waals surface area contributed by atoms with Crippen LogP contribution in [-0.2, 0) is 14.8 Å². The third kappa shape index (κ3) is 4.42. The maximum Gasteiger partial charge on any atom is 0.245 e. The van der Waals surface area contributed by atoms with E-state index in [0.29, 0.717) is 19.0 Å². The maximum absolute atomic E-state index is 12.8. The van der Waals surface area contributed by atoms with E-state index in [2.05, 4.69) is 6.92 Å². The second kappa shape index (κ2) is 8.04. The van der Waals surface area contributed by atoms with E-state index in [-0.39, 0.29) is 33.9 Å². The topological polar surface area (TPSA) is 57.7 Å². The fourth-order valence-corrected chi connectivity index (χ4v) is 4.83. The molecule has 134 valence electrons. The van der Waals surface area contributed by atoms with Gasteiger partial charge < -0.3 is 4.90 Å². The fourth-order valence-electron chi connectivity index (χ4n) is 2.69. The molecule has 1 saturated heterocycles. The van der Waals surface area contributed by atoms with Crippen LogP contribution in [0.3, 0.4) is 0 Å². The van der Waals surface area contributed by atoms with E-state index in [4.69, 9.17) is 23.2 Å². The molecule has 2 rings (SSSR count). The summed E-state index contributed by atoms with van der Waals surface area (Å²) in [6.45, 7) is 5.20. The zero-order chi connectivity index (χ0) is 17.9. The average molecular weight is 393 g/mol. The summed E-state index contributed by atoms with van der Waals surface area (Å²) in [5.41, 5.74) is 0. The van der Waals surface area contributed by atoms with Crippen molar-refractivity contribution < 1.29 is 13.2 Å². The standard InChI is InChI=1S/C16H22Cl2N2O3S/c1-3-20(11-16(21)19-8-6-12(2)7-9-19)24(22,23)15-10-13(17)4-5-14(15)18/h4-5,10,12H,3,6-9,11H2,1-2H3. The van der Waals surface area contributed by atoms with Crippen LogP contribution >= 0.6 is 23.2 Å². The zero-order valence-electron chi connectivity index (χ0n) is 13.8. The van der Waals surface area contributed by atoms with Crippen LogP contribution in [0.4, 0.5) is 0 Å². The van der Waals surface area contributed by atoms with Gasteiger partial charge in [-0.05, 0) is 37.0 Å². The van der Waals surface area contributed by atoms with Crippen LogP contribution in [0.5, 0.6) is 0 Å². The minimum absolute atomic E-state index is 0.0708. The molecule has 1 amide bonds. The number of piperidine rings is 1. The van der Waals surface area contributed by atoms with Gasteiger partial charge in [-0.2, -0.15) is 4.31 Å². The Morgan fingerprint density at radius 2 is 1.92 bits per heavy atom. The first kappa shape index (κ1) is 19.5. The van der Waals surface area contributed by atoms with Crippen LogP contribution in [-0.4, -0.2) is 49.7 Å². The molecule has 8 heteroatoms. The monoisotopic (exact) mass is 392 g/mol. The summed E-state index contributed by atoms with van der Waals surface area (Å²) in [4.78, 5) is 14.1. The van der Waals surface area contributed by atoms with Gasteiger partial charge in [0.15, 0.2) is 0 Å². The number of hydrogen-bond donors (Lipinski definition) is 0. The Bertz CT molecular complexity index is 701. The number of rotatable bonds is 5. The molecule has 1 aromatic carbocycles. The number of halogens is 2. The number of likely N-dealkylation sites (tertiary alicyclic amines) is 1. The predicted molar refractivity (Wildman–Crippen MR) is 95.9 cm³/mol. The Morgan fingerprint density at radius 3 is 2.50 bits per heavy atom. The lowest BCUT2D eigenvalue weighted by Crippen LogP contribution is -2.45. The van der Waals surface area contributed by atoms with Crippen molar-refractivity contribution in [3.63, 3.8) is 0 Å². The summed E-state index contributed by atoms with van der Waals surface area (Å²) in [6, 6.07) is 4.28. The SMILES string of the molecule is CCN(CC(=O)N1CCC(C)CC1)S(=O)(=O)c1cc(Cl)ccc1Cl. The molecule has 0 radical (unpaired) electrons. The van der Waals surface area contributed by atoms with Crippen LogP contribution in [0.25, 0.3) is 0 Å². The molecule has 0 bridgehead atoms. The van der Waals surface area contributed by atoms with Crippen LogP contribution in [0.15, 0.2) is 23.1 Å². The highest BCUT2D eigenvalue weighted by molar-refractivity contribution is 7.89. The summed E-state index contributed by atoms with van der Waals surface area (Å²) in [5, 5.41) is 0.377. The van der Waals surface area contributed by atoms with Gasteiger partial charge in [0.2, 0.25) is 15.9 Å². The van der Waals surface area contributed by atoms with Gasteiger partial charge >= 0.3 is 0 Å². The largest absolute Gasteiger partial charge is 0.342 e. The quantitative estimate of drug-likeness (QED) is 0.772. The van der Waals surface area contributed by atoms with Gasteiger partial charge in [0.1, 0.15) is 4.90 Å². The summed E-state index contributed by atoms with van der Waals surface area (Å²) in [6.07, 6.45) is 1.90. The van der Waals surface area contributed by atoms with Crippen molar-refractivity contribution in [2.24, 2.45) is 5.92 Å². The fraction of sp³-hybridized carbons (Fsp3) is 0.562. The van der Waals surface area contributed by atoms with Crippen LogP contribution in [0, 0.1) is 5.92 Å². The van der Waals surface area contributed by atoms with Crippen molar-refractivity contribution >= 4 is 39.1 Å². The molecule has 1 fully saturated rings. The molecular weight excluding hydrogens is 371 g/mol. The van der Waals surface area contributed by atoms with Gasteiger partial charge in [0, 0.05) is 24.7 Å². The number of likely N-dealkylation sites (N-methyl/N-ethyl adjacent to an activating group) is 1. The highest BCUT2D eigenvalue weighted by atomic mass is 35.5. The van der Waals surface area contributed by atoms with Crippen molar-refractivity contribution in [3.8, 4) is 0 Å². The van der Waals surface area contributed by atoms with Crippen LogP contribution in [0.1, 0.15) is 26.7 Å². The molecule has 0 aliphatic carbocycles. The molecule has 0 saturated carbocycles. The van der Waals surface area contributed by atoms with E-state index in [1.54, 1.807) is 11.8 Å². The van der Waals surface area contributed by atoms with Gasteiger partial charge in [0.05, 0.1) is 11.6 Å². The minimum Gasteiger partial charge on any atom is -0.342 e. The first-order valence-electron chi connectivity index (χ1n) is 7.98. The van der Waals surface area contributed by atoms with E-state index in [1.807, 2.05) is 0 Å². The normalized spacial score (nSPS) is 16.6. The van der Waals surface area contributed by atoms with Gasteiger partial charge in [-0.1, -0.05) is 37.0 Å². The smallest absolute Gasteiger partial charge is 0.245 e. The maximum atomic E-state index is 12.8. The summed E-state index contributed by atoms with van der Waals surface area (Å²) >= 11 is 11.9. The Balaban J connectivity index is 2.18. The second-order valence-corrected chi connectivity index (χ2v) is 8.82. The molecule has 1 aliphatic heterocycles. The first-order valence-corrected chi connectivity index (χ1v) is 10.2. The molecule has 1 aliphatic rings. The highest BCUT2D eigenvalue weighted by Crippen LogP contribution is 2.28. The number of sulfonamides is 1. The van der Waals surface area contributed by atoms with Gasteiger partial charge in [-0.3, -0.25) is 4.79 Å². The molecule has 5 nitrogen and oxygen atoms in total. The molecule has 0 spiro atoms. The van der Waals surface area contributed by atoms with Crippen molar-refractivity contribution in [1.82, 2.24) is 9.21 Å². The van der Waals surface area contributed by atoms with Crippen molar-refractivity contribution in [2.75, 3.05) is 26.2 Å². The van der Waals surface area contributed by atoms with Gasteiger partial charge in [-0.25, -0.2) is 8.42 Å². The lowest BCUT2D eigenvalue weighted by molar-refractivity contribution is -0.132. The lowest BCUT2D eigenvalue weighted by atomic mass is 9.99. The van der Waals surface area contributed by atoms with E-state index in [9.17, 15) is 13.2 Å². The number of amides is 1. The Labute approximate surface area is 153 Å². The Hall–Kier alpha value is -0.820. The summed E-state index contributed by atoms with van der Waals surface area (Å²) < 4.78 is 26.8. The van der Waals surface area contributed by atoms with Crippen molar-refractivity contribution in [3.05, 3.63) is 28.2 Å². The van der Waals surface area contributed by atoms with E-state index in [1.165, 1.54) is 18.2 Å². The van der Waals surface area contributed by atoms with E-state index in [0.717, 1.165) is 17.1 Å². The van der Waals surface area contributed by atoms with E-state index < -0.39 is 10.0 Å². The molecule has 0 aromatic heterocycles. The number of benzene rings is 1. The van der Waals surface area contributed by atoms with Gasteiger partial charge in [-0.15, -0.1) is 0 Å². The third-order valence-electron chi connectivity index (χ3n) is 4.31. The van der Waals surface area contributed by atoms with Crippen LogP contribution < -0.4 is 0 Å². The highest BCUT2D eigenvalue weighted by Gasteiger charge is 2.30. The van der Waals surface area contributed by atoms with Crippen molar-refractivity contribution in [2.45, 2.75) is 31.6 Å². The molecule has 0 unspecified atom stereocenters. The molecular formula is C16H22Cl2N2O3S. The molecule has 1 heterocycles. The number of nitrogens with zero attached hydrogens (tertiary/aromatic N) is 2. The lowest BCUT2D eigenvalue weighted by Gasteiger charge is -2.32. The molecule has 0 atom stereocenters. The zero-order valence-corrected chi connectivity index (χ0v) is 16.2. The summed E-state index contributed by atoms with van der Waals surface area (Å²) in [7, 11) is -3.88. The van der Waals surface area contributed by atoms with E-state index >= 15 is 0 Å². The predicted octanol–water partition coefficient (Wildman–Crippen LogP) is 3.26. The number of carbonyl (C=O) groups is 1. The van der Waals surface area contributed by atoms with Crippen molar-refractivity contribution in [1.29, 1.82) is 0 Å². The number of carbonyl (C=O) groups excluding carboxylic acids is 1. The first-order chi connectivity index (χ1) is 11.3. The van der Waals surface area contributed by atoms with Crippen LogP contribution in [0.2, 0.25) is 10.0 Å². The molecule has 1 aromatic rings.